The monoisotopic (exact) mass is 305 g/mol. The number of carboxylic acids is 2. The van der Waals surface area contributed by atoms with Gasteiger partial charge in [0.25, 0.3) is 0 Å². The molecule has 1 rings (SSSR count). The molecule has 21 heavy (non-hydrogen) atoms. The van der Waals surface area contributed by atoms with E-state index in [0.29, 0.717) is 5.56 Å². The summed E-state index contributed by atoms with van der Waals surface area (Å²) >= 11 is 0. The fourth-order valence-corrected chi connectivity index (χ4v) is 1.79. The highest BCUT2D eigenvalue weighted by Gasteiger charge is 2.30. The third kappa shape index (κ3) is 5.07. The van der Waals surface area contributed by atoms with E-state index in [9.17, 15) is 22.8 Å². The summed E-state index contributed by atoms with van der Waals surface area (Å²) in [7, 11) is 0. The first kappa shape index (κ1) is 17.0. The summed E-state index contributed by atoms with van der Waals surface area (Å²) < 4.78 is 37.2. The quantitative estimate of drug-likeness (QED) is 0.743. The maximum atomic E-state index is 12.4. The number of benzene rings is 1. The molecule has 0 bridgehead atoms. The number of aliphatic carboxylic acids is 2. The summed E-state index contributed by atoms with van der Waals surface area (Å²) in [6.07, 6.45) is -4.85. The van der Waals surface area contributed by atoms with Gasteiger partial charge in [-0.05, 0) is 30.5 Å². The van der Waals surface area contributed by atoms with Crippen molar-refractivity contribution in [2.75, 3.05) is 0 Å². The molecule has 116 valence electrons. The maximum absolute atomic E-state index is 12.4. The van der Waals surface area contributed by atoms with Gasteiger partial charge in [0.05, 0.1) is 11.5 Å². The molecule has 0 spiro atoms. The molecule has 4 N–H and O–H groups in total. The van der Waals surface area contributed by atoms with Crippen LogP contribution < -0.4 is 5.73 Å². The Morgan fingerprint density at radius 3 is 2.00 bits per heavy atom. The summed E-state index contributed by atoms with van der Waals surface area (Å²) in [5, 5.41) is 17.7. The first-order chi connectivity index (χ1) is 9.61. The molecule has 0 amide bonds. The predicted octanol–water partition coefficient (Wildman–Crippen LogP) is 1.75. The Kier molecular flexibility index (Phi) is 5.31. The van der Waals surface area contributed by atoms with Crippen LogP contribution in [0.4, 0.5) is 13.2 Å². The second-order valence-corrected chi connectivity index (χ2v) is 4.61. The molecule has 0 unspecified atom stereocenters. The minimum Gasteiger partial charge on any atom is -0.481 e. The lowest BCUT2D eigenvalue weighted by Gasteiger charge is -2.15. The number of carbonyl (C=O) groups is 2. The van der Waals surface area contributed by atoms with Gasteiger partial charge in [-0.1, -0.05) is 12.1 Å². The van der Waals surface area contributed by atoms with Crippen LogP contribution in [0.15, 0.2) is 24.3 Å². The molecule has 2 atom stereocenters. The fourth-order valence-electron chi connectivity index (χ4n) is 1.79. The minimum absolute atomic E-state index is 0.0888. The number of hydrogen-bond donors (Lipinski definition) is 3. The van der Waals surface area contributed by atoms with Crippen LogP contribution in [0.25, 0.3) is 0 Å². The number of carboxylic acid groups (broad SMARTS) is 2. The zero-order valence-electron chi connectivity index (χ0n) is 10.8. The van der Waals surface area contributed by atoms with Crippen LogP contribution >= 0.6 is 0 Å². The third-order valence-corrected chi connectivity index (χ3v) is 2.97. The van der Waals surface area contributed by atoms with E-state index in [1.807, 2.05) is 0 Å². The van der Waals surface area contributed by atoms with Gasteiger partial charge in [-0.15, -0.1) is 0 Å². The molecule has 1 aromatic carbocycles. The van der Waals surface area contributed by atoms with E-state index in [4.69, 9.17) is 15.9 Å². The van der Waals surface area contributed by atoms with Crippen LogP contribution in [0.2, 0.25) is 0 Å². The molecule has 8 heteroatoms. The van der Waals surface area contributed by atoms with Crippen LogP contribution in [0.5, 0.6) is 0 Å². The van der Waals surface area contributed by atoms with Crippen LogP contribution in [0.1, 0.15) is 17.5 Å². The van der Waals surface area contributed by atoms with Crippen molar-refractivity contribution in [3.8, 4) is 0 Å². The maximum Gasteiger partial charge on any atom is 0.416 e. The minimum atomic E-state index is -4.46. The van der Waals surface area contributed by atoms with E-state index in [2.05, 4.69) is 0 Å². The highest BCUT2D eigenvalue weighted by molar-refractivity contribution is 5.76. The average Bonchev–Trinajstić information content (AvgIpc) is 2.37. The van der Waals surface area contributed by atoms with Crippen LogP contribution in [0.3, 0.4) is 0 Å². The number of halogens is 3. The van der Waals surface area contributed by atoms with Crippen molar-refractivity contribution in [1.82, 2.24) is 0 Å². The summed E-state index contributed by atoms with van der Waals surface area (Å²) in [5.74, 6) is -3.65. The van der Waals surface area contributed by atoms with Gasteiger partial charge in [-0.25, -0.2) is 0 Å². The zero-order chi connectivity index (χ0) is 16.2. The Labute approximate surface area is 118 Å². The Morgan fingerprint density at radius 2 is 1.62 bits per heavy atom. The second kappa shape index (κ2) is 6.57. The number of rotatable bonds is 6. The zero-order valence-corrected chi connectivity index (χ0v) is 10.8. The highest BCUT2D eigenvalue weighted by Crippen LogP contribution is 2.29. The van der Waals surface area contributed by atoms with Gasteiger partial charge >= 0.3 is 18.1 Å². The van der Waals surface area contributed by atoms with Crippen molar-refractivity contribution >= 4 is 11.9 Å². The summed E-state index contributed by atoms with van der Waals surface area (Å²) in [6, 6.07) is 2.72. The molecular formula is C13H14F3NO4. The van der Waals surface area contributed by atoms with E-state index in [-0.39, 0.29) is 12.8 Å². The number of hydrogen-bond acceptors (Lipinski definition) is 3. The topological polar surface area (TPSA) is 101 Å². The lowest BCUT2D eigenvalue weighted by molar-refractivity contribution is -0.143. The average molecular weight is 305 g/mol. The lowest BCUT2D eigenvalue weighted by atomic mass is 9.92. The van der Waals surface area contributed by atoms with Crippen LogP contribution in [-0.4, -0.2) is 28.2 Å². The Hall–Kier alpha value is -2.09. The highest BCUT2D eigenvalue weighted by atomic mass is 19.4. The van der Waals surface area contributed by atoms with E-state index in [1.165, 1.54) is 12.1 Å². The van der Waals surface area contributed by atoms with Crippen molar-refractivity contribution in [2.24, 2.45) is 11.7 Å². The standard InChI is InChI=1S/C13H14F3NO4/c14-13(15,16)9-3-1-7(2-4-9)5-8(11(18)19)6-10(17)12(20)21/h1-4,8,10H,5-6,17H2,(H,18,19)(H,20,21)/t8-,10+/m0/s1. The number of nitrogens with two attached hydrogens (primary N) is 1. The molecule has 1 aromatic rings. The first-order valence-corrected chi connectivity index (χ1v) is 5.98. The third-order valence-electron chi connectivity index (χ3n) is 2.97. The van der Waals surface area contributed by atoms with Crippen molar-refractivity contribution < 1.29 is 33.0 Å². The van der Waals surface area contributed by atoms with Gasteiger partial charge in [0.1, 0.15) is 6.04 Å². The van der Waals surface area contributed by atoms with Crippen LogP contribution in [0, 0.1) is 5.92 Å². The Bertz CT molecular complexity index is 513. The van der Waals surface area contributed by atoms with Gasteiger partial charge in [0.2, 0.25) is 0 Å². The normalized spacial score (nSPS) is 14.5. The number of alkyl halides is 3. The van der Waals surface area contributed by atoms with Gasteiger partial charge < -0.3 is 15.9 Å². The van der Waals surface area contributed by atoms with Gasteiger partial charge in [0, 0.05) is 0 Å². The Morgan fingerprint density at radius 1 is 1.10 bits per heavy atom. The van der Waals surface area contributed by atoms with Gasteiger partial charge in [-0.2, -0.15) is 13.2 Å². The molecule has 0 aliphatic rings. The van der Waals surface area contributed by atoms with Crippen molar-refractivity contribution in [2.45, 2.75) is 25.1 Å². The largest absolute Gasteiger partial charge is 0.481 e. The smallest absolute Gasteiger partial charge is 0.416 e. The van der Waals surface area contributed by atoms with E-state index < -0.39 is 35.6 Å². The van der Waals surface area contributed by atoms with E-state index >= 15 is 0 Å². The molecule has 0 aliphatic carbocycles. The van der Waals surface area contributed by atoms with Crippen molar-refractivity contribution in [1.29, 1.82) is 0 Å². The molecule has 0 heterocycles. The molecule has 0 fully saturated rings. The summed E-state index contributed by atoms with van der Waals surface area (Å²) in [6.45, 7) is 0. The SMILES string of the molecule is N[C@H](C[C@H](Cc1ccc(C(F)(F)F)cc1)C(=O)O)C(=O)O. The summed E-state index contributed by atoms with van der Waals surface area (Å²) in [4.78, 5) is 21.7. The molecule has 5 nitrogen and oxygen atoms in total. The first-order valence-electron chi connectivity index (χ1n) is 5.98. The molecule has 0 saturated carbocycles. The van der Waals surface area contributed by atoms with E-state index in [1.54, 1.807) is 0 Å². The lowest BCUT2D eigenvalue weighted by Crippen LogP contribution is -2.35. The van der Waals surface area contributed by atoms with Crippen molar-refractivity contribution in [3.63, 3.8) is 0 Å². The van der Waals surface area contributed by atoms with Gasteiger partial charge in [0.15, 0.2) is 0 Å². The van der Waals surface area contributed by atoms with Crippen LogP contribution in [-0.2, 0) is 22.2 Å². The molecule has 0 radical (unpaired) electrons. The van der Waals surface area contributed by atoms with E-state index in [0.717, 1.165) is 12.1 Å². The van der Waals surface area contributed by atoms with Gasteiger partial charge in [-0.3, -0.25) is 9.59 Å². The molecule has 0 aliphatic heterocycles. The molecular weight excluding hydrogens is 291 g/mol. The molecule has 0 saturated heterocycles. The molecule has 0 aromatic heterocycles. The van der Waals surface area contributed by atoms with Crippen molar-refractivity contribution in [3.05, 3.63) is 35.4 Å². The second-order valence-electron chi connectivity index (χ2n) is 4.61. The predicted molar refractivity (Wildman–Crippen MR) is 66.5 cm³/mol. The fraction of sp³-hybridized carbons (Fsp3) is 0.385. The Balaban J connectivity index is 2.80. The summed E-state index contributed by atoms with van der Waals surface area (Å²) in [5.41, 5.74) is 4.81.